The van der Waals surface area contributed by atoms with Gasteiger partial charge in [-0.2, -0.15) is 0 Å². The van der Waals surface area contributed by atoms with Gasteiger partial charge in [0.1, 0.15) is 24.0 Å². The molecular formula is C20H16F2N2O4S. The lowest BCUT2D eigenvalue weighted by Crippen LogP contribution is -2.15. The van der Waals surface area contributed by atoms with Crippen molar-refractivity contribution in [1.29, 1.82) is 0 Å². The van der Waals surface area contributed by atoms with Gasteiger partial charge >= 0.3 is 0 Å². The highest BCUT2D eigenvalue weighted by Gasteiger charge is 2.16. The molecule has 0 fully saturated rings. The zero-order chi connectivity index (χ0) is 21.0. The maximum atomic E-state index is 13.7. The third-order valence-electron chi connectivity index (χ3n) is 3.91. The predicted molar refractivity (Wildman–Crippen MR) is 103 cm³/mol. The molecule has 0 unspecified atom stereocenters. The molecule has 3 rings (SSSR count). The molecule has 0 spiro atoms. The van der Waals surface area contributed by atoms with Gasteiger partial charge in [-0.1, -0.05) is 18.2 Å². The molecule has 0 aliphatic rings. The van der Waals surface area contributed by atoms with Crippen molar-refractivity contribution in [3.8, 4) is 11.5 Å². The number of rotatable bonds is 6. The Bertz CT molecular complexity index is 1150. The Morgan fingerprint density at radius 2 is 1.76 bits per heavy atom. The highest BCUT2D eigenvalue weighted by atomic mass is 32.2. The van der Waals surface area contributed by atoms with E-state index >= 15 is 0 Å². The highest BCUT2D eigenvalue weighted by molar-refractivity contribution is 7.89. The number of benzene rings is 3. The second-order valence-electron chi connectivity index (χ2n) is 6.05. The molecule has 29 heavy (non-hydrogen) atoms. The molecule has 0 bridgehead atoms. The quantitative estimate of drug-likeness (QED) is 0.632. The number of amides is 1. The van der Waals surface area contributed by atoms with Crippen molar-refractivity contribution in [3.05, 3.63) is 83.7 Å². The van der Waals surface area contributed by atoms with E-state index in [1.54, 1.807) is 0 Å². The van der Waals surface area contributed by atoms with E-state index in [-0.39, 0.29) is 21.9 Å². The van der Waals surface area contributed by atoms with Crippen molar-refractivity contribution in [2.75, 3.05) is 5.32 Å². The van der Waals surface area contributed by atoms with Crippen LogP contribution in [0.5, 0.6) is 11.5 Å². The first-order valence-corrected chi connectivity index (χ1v) is 9.87. The molecule has 0 heterocycles. The van der Waals surface area contributed by atoms with Crippen LogP contribution in [0, 0.1) is 5.82 Å². The van der Waals surface area contributed by atoms with E-state index in [1.807, 2.05) is 0 Å². The van der Waals surface area contributed by atoms with Crippen molar-refractivity contribution in [2.45, 2.75) is 11.6 Å². The molecule has 0 aromatic heterocycles. The van der Waals surface area contributed by atoms with Gasteiger partial charge in [-0.25, -0.2) is 22.3 Å². The highest BCUT2D eigenvalue weighted by Crippen LogP contribution is 2.27. The van der Waals surface area contributed by atoms with Crippen LogP contribution >= 0.6 is 0 Å². The lowest BCUT2D eigenvalue weighted by Gasteiger charge is -2.12. The first-order chi connectivity index (χ1) is 13.8. The van der Waals surface area contributed by atoms with Gasteiger partial charge in [-0.15, -0.1) is 0 Å². The maximum absolute atomic E-state index is 13.7. The van der Waals surface area contributed by atoms with Gasteiger partial charge in [0.15, 0.2) is 0 Å². The van der Waals surface area contributed by atoms with Crippen LogP contribution in [-0.4, -0.2) is 14.3 Å². The maximum Gasteiger partial charge on any atom is 0.259 e. The van der Waals surface area contributed by atoms with E-state index in [1.165, 1.54) is 54.6 Å². The Hall–Kier alpha value is -3.30. The molecule has 0 aliphatic carbocycles. The van der Waals surface area contributed by atoms with E-state index in [9.17, 15) is 22.0 Å². The Morgan fingerprint density at radius 1 is 1.03 bits per heavy atom. The van der Waals surface area contributed by atoms with Crippen molar-refractivity contribution >= 4 is 21.6 Å². The molecule has 9 heteroatoms. The largest absolute Gasteiger partial charge is 0.457 e. The first kappa shape index (κ1) is 20.4. The molecule has 0 atom stereocenters. The number of alkyl halides is 1. The molecular weight excluding hydrogens is 402 g/mol. The predicted octanol–water partition coefficient (Wildman–Crippen LogP) is 3.99. The number of carbonyl (C=O) groups excluding carboxylic acids is 1. The second-order valence-corrected chi connectivity index (χ2v) is 7.61. The van der Waals surface area contributed by atoms with Crippen LogP contribution in [0.25, 0.3) is 0 Å². The summed E-state index contributed by atoms with van der Waals surface area (Å²) in [5, 5.41) is 7.57. The van der Waals surface area contributed by atoms with Crippen LogP contribution in [0.4, 0.5) is 14.5 Å². The summed E-state index contributed by atoms with van der Waals surface area (Å²) in [6.07, 6.45) is 0. The number of hydrogen-bond acceptors (Lipinski definition) is 4. The number of nitrogens with one attached hydrogen (secondary N) is 1. The Kier molecular flexibility index (Phi) is 5.90. The average Bonchev–Trinajstić information content (AvgIpc) is 2.69. The summed E-state index contributed by atoms with van der Waals surface area (Å²) < 4.78 is 54.9. The topological polar surface area (TPSA) is 98.5 Å². The van der Waals surface area contributed by atoms with E-state index in [0.717, 1.165) is 12.1 Å². The summed E-state index contributed by atoms with van der Waals surface area (Å²) in [7, 11) is -3.95. The van der Waals surface area contributed by atoms with Gasteiger partial charge in [0.2, 0.25) is 10.0 Å². The molecule has 0 saturated carbocycles. The van der Waals surface area contributed by atoms with Crippen LogP contribution in [-0.2, 0) is 16.7 Å². The molecule has 150 valence electrons. The Morgan fingerprint density at radius 3 is 2.41 bits per heavy atom. The molecule has 1 amide bonds. The lowest BCUT2D eigenvalue weighted by atomic mass is 10.1. The van der Waals surface area contributed by atoms with Gasteiger partial charge in [0, 0.05) is 5.69 Å². The summed E-state index contributed by atoms with van der Waals surface area (Å²) in [5.41, 5.74) is 0.508. The van der Waals surface area contributed by atoms with Gasteiger partial charge in [-0.3, -0.25) is 4.79 Å². The van der Waals surface area contributed by atoms with Crippen LogP contribution in [0.2, 0.25) is 0 Å². The summed E-state index contributed by atoms with van der Waals surface area (Å²) in [6.45, 7) is -0.623. The minimum Gasteiger partial charge on any atom is -0.457 e. The third-order valence-corrected chi connectivity index (χ3v) is 4.82. The minimum absolute atomic E-state index is 0.0690. The SMILES string of the molecule is NS(=O)(=O)c1cccc(NC(=O)c2cc(F)ccc2Oc2ccc(CF)cc2)c1. The number of sulfonamides is 1. The number of primary sulfonamides is 1. The number of carbonyl (C=O) groups is 1. The fourth-order valence-corrected chi connectivity index (χ4v) is 3.05. The van der Waals surface area contributed by atoms with Crippen molar-refractivity contribution in [1.82, 2.24) is 0 Å². The van der Waals surface area contributed by atoms with Crippen molar-refractivity contribution < 1.29 is 26.7 Å². The van der Waals surface area contributed by atoms with Crippen LogP contribution in [0.1, 0.15) is 15.9 Å². The number of anilines is 1. The monoisotopic (exact) mass is 418 g/mol. The second kappa shape index (κ2) is 8.38. The van der Waals surface area contributed by atoms with E-state index in [2.05, 4.69) is 5.32 Å². The van der Waals surface area contributed by atoms with Crippen LogP contribution < -0.4 is 15.2 Å². The van der Waals surface area contributed by atoms with Gasteiger partial charge in [0.25, 0.3) is 5.91 Å². The fourth-order valence-electron chi connectivity index (χ4n) is 2.49. The standard InChI is InChI=1S/C20H16F2N2O4S/c21-12-13-4-7-16(8-5-13)28-19-9-6-14(22)10-18(19)20(25)24-15-2-1-3-17(11-15)29(23,26)27/h1-11H,12H2,(H,24,25)(H2,23,26,27). The molecule has 3 aromatic carbocycles. The summed E-state index contributed by atoms with van der Waals surface area (Å²) in [6, 6.07) is 14.8. The van der Waals surface area contributed by atoms with Gasteiger partial charge < -0.3 is 10.1 Å². The zero-order valence-electron chi connectivity index (χ0n) is 14.9. The summed E-state index contributed by atoms with van der Waals surface area (Å²) in [5.74, 6) is -0.974. The van der Waals surface area contributed by atoms with Gasteiger partial charge in [-0.05, 0) is 54.1 Å². The number of halogens is 2. The average molecular weight is 418 g/mol. The molecule has 3 N–H and O–H groups in total. The van der Waals surface area contributed by atoms with E-state index < -0.39 is 28.4 Å². The molecule has 3 aromatic rings. The lowest BCUT2D eigenvalue weighted by molar-refractivity contribution is 0.102. The number of nitrogens with two attached hydrogens (primary N) is 1. The zero-order valence-corrected chi connectivity index (χ0v) is 15.7. The molecule has 0 aliphatic heterocycles. The fraction of sp³-hybridized carbons (Fsp3) is 0.0500. The number of hydrogen-bond donors (Lipinski definition) is 2. The summed E-state index contributed by atoms with van der Waals surface area (Å²) >= 11 is 0. The molecule has 6 nitrogen and oxygen atoms in total. The van der Waals surface area contributed by atoms with Crippen molar-refractivity contribution in [3.63, 3.8) is 0 Å². The van der Waals surface area contributed by atoms with E-state index in [0.29, 0.717) is 11.3 Å². The molecule has 0 radical (unpaired) electrons. The normalized spacial score (nSPS) is 11.1. The third kappa shape index (κ3) is 5.15. The number of ether oxygens (including phenoxy) is 1. The summed E-state index contributed by atoms with van der Waals surface area (Å²) in [4.78, 5) is 12.5. The van der Waals surface area contributed by atoms with Crippen LogP contribution in [0.15, 0.2) is 71.6 Å². The Labute approximate surface area is 166 Å². The molecule has 0 saturated heterocycles. The Balaban J connectivity index is 1.87. The smallest absolute Gasteiger partial charge is 0.259 e. The minimum atomic E-state index is -3.95. The van der Waals surface area contributed by atoms with Crippen LogP contribution in [0.3, 0.4) is 0 Å². The van der Waals surface area contributed by atoms with Crippen molar-refractivity contribution in [2.24, 2.45) is 5.14 Å². The first-order valence-electron chi connectivity index (χ1n) is 8.33. The van der Waals surface area contributed by atoms with E-state index in [4.69, 9.17) is 9.88 Å². The van der Waals surface area contributed by atoms with Gasteiger partial charge in [0.05, 0.1) is 10.5 Å².